The second kappa shape index (κ2) is 4.08. The largest absolute Gasteiger partial charge is 0.317 e. The van der Waals surface area contributed by atoms with Gasteiger partial charge in [0.2, 0.25) is 0 Å². The van der Waals surface area contributed by atoms with Gasteiger partial charge in [-0.25, -0.2) is 0 Å². The van der Waals surface area contributed by atoms with Crippen molar-refractivity contribution in [3.8, 4) is 0 Å². The molecule has 0 radical (unpaired) electrons. The van der Waals surface area contributed by atoms with Gasteiger partial charge in [0.15, 0.2) is 0 Å². The highest BCUT2D eigenvalue weighted by atomic mass is 14.9. The first-order valence-electron chi connectivity index (χ1n) is 4.97. The molecule has 1 N–H and O–H groups in total. The van der Waals surface area contributed by atoms with E-state index >= 15 is 0 Å². The highest BCUT2D eigenvalue weighted by molar-refractivity contribution is 5.00. The van der Waals surface area contributed by atoms with Crippen molar-refractivity contribution in [2.75, 3.05) is 7.05 Å². The molecular formula is C11H21N. The Kier molecular flexibility index (Phi) is 3.33. The summed E-state index contributed by atoms with van der Waals surface area (Å²) in [5.74, 6) is 1.60. The Hall–Kier alpha value is -0.300. The molecule has 1 heteroatoms. The van der Waals surface area contributed by atoms with Gasteiger partial charge in [0, 0.05) is 6.04 Å². The zero-order valence-corrected chi connectivity index (χ0v) is 8.56. The van der Waals surface area contributed by atoms with Crippen LogP contribution in [0, 0.1) is 11.8 Å². The van der Waals surface area contributed by atoms with Gasteiger partial charge < -0.3 is 5.32 Å². The average molecular weight is 167 g/mol. The van der Waals surface area contributed by atoms with Crippen LogP contribution in [0.1, 0.15) is 33.1 Å². The Morgan fingerprint density at radius 2 is 2.08 bits per heavy atom. The van der Waals surface area contributed by atoms with Gasteiger partial charge in [0.25, 0.3) is 0 Å². The van der Waals surface area contributed by atoms with Crippen LogP contribution >= 0.6 is 0 Å². The lowest BCUT2D eigenvalue weighted by molar-refractivity contribution is 0.248. The minimum Gasteiger partial charge on any atom is -0.317 e. The van der Waals surface area contributed by atoms with Gasteiger partial charge in [-0.3, -0.25) is 0 Å². The molecule has 1 rings (SSSR count). The zero-order valence-electron chi connectivity index (χ0n) is 8.56. The van der Waals surface area contributed by atoms with Gasteiger partial charge in [-0.15, -0.1) is 0 Å². The van der Waals surface area contributed by atoms with E-state index in [1.165, 1.54) is 24.8 Å². The van der Waals surface area contributed by atoms with E-state index in [4.69, 9.17) is 0 Å². The van der Waals surface area contributed by atoms with Crippen molar-refractivity contribution in [3.63, 3.8) is 0 Å². The number of hydrogen-bond acceptors (Lipinski definition) is 1. The molecule has 1 nitrogen and oxygen atoms in total. The van der Waals surface area contributed by atoms with Crippen molar-refractivity contribution in [2.24, 2.45) is 11.8 Å². The van der Waals surface area contributed by atoms with Crippen LogP contribution in [0.5, 0.6) is 0 Å². The van der Waals surface area contributed by atoms with Crippen molar-refractivity contribution in [1.82, 2.24) is 5.32 Å². The Labute approximate surface area is 76.2 Å². The van der Waals surface area contributed by atoms with Crippen molar-refractivity contribution in [2.45, 2.75) is 39.2 Å². The fourth-order valence-corrected chi connectivity index (χ4v) is 2.17. The third-order valence-electron chi connectivity index (χ3n) is 3.26. The molecule has 0 bridgehead atoms. The topological polar surface area (TPSA) is 12.0 Å². The highest BCUT2D eigenvalue weighted by Gasteiger charge is 2.26. The first-order chi connectivity index (χ1) is 5.65. The van der Waals surface area contributed by atoms with Crippen LogP contribution < -0.4 is 5.32 Å². The lowest BCUT2D eigenvalue weighted by Gasteiger charge is -2.34. The van der Waals surface area contributed by atoms with Crippen LogP contribution in [0.3, 0.4) is 0 Å². The molecule has 1 aliphatic rings. The lowest BCUT2D eigenvalue weighted by atomic mass is 9.77. The van der Waals surface area contributed by atoms with Crippen LogP contribution in [0.15, 0.2) is 12.2 Å². The fourth-order valence-electron chi connectivity index (χ4n) is 2.17. The molecule has 0 aromatic rings. The summed E-state index contributed by atoms with van der Waals surface area (Å²) >= 11 is 0. The quantitative estimate of drug-likeness (QED) is 0.623. The first-order valence-corrected chi connectivity index (χ1v) is 4.97. The first kappa shape index (κ1) is 9.79. The van der Waals surface area contributed by atoms with E-state index in [1.54, 1.807) is 0 Å². The third-order valence-corrected chi connectivity index (χ3v) is 3.26. The van der Waals surface area contributed by atoms with Crippen LogP contribution in [-0.4, -0.2) is 13.1 Å². The monoisotopic (exact) mass is 167 g/mol. The molecule has 0 aromatic carbocycles. The predicted octanol–water partition coefficient (Wildman–Crippen LogP) is 2.59. The number of hydrogen-bond donors (Lipinski definition) is 1. The summed E-state index contributed by atoms with van der Waals surface area (Å²) in [4.78, 5) is 0. The maximum Gasteiger partial charge on any atom is 0.00953 e. The predicted molar refractivity (Wildman–Crippen MR) is 54.2 cm³/mol. The molecule has 0 heterocycles. The molecule has 12 heavy (non-hydrogen) atoms. The highest BCUT2D eigenvalue weighted by Crippen LogP contribution is 2.32. The van der Waals surface area contributed by atoms with E-state index in [1.807, 2.05) is 0 Å². The molecule has 70 valence electrons. The van der Waals surface area contributed by atoms with E-state index in [0.717, 1.165) is 11.8 Å². The molecule has 0 unspecified atom stereocenters. The number of rotatable bonds is 2. The van der Waals surface area contributed by atoms with Gasteiger partial charge in [0.05, 0.1) is 0 Å². The standard InChI is InChI=1S/C11H21N/c1-8(2)10-6-5-9(3)11(7-10)12-4/h9-12H,1,5-7H2,2-4H3/t9-,10+,11-/m0/s1. The van der Waals surface area contributed by atoms with Crippen LogP contribution in [0.4, 0.5) is 0 Å². The summed E-state index contributed by atoms with van der Waals surface area (Å²) in [6.45, 7) is 8.55. The third kappa shape index (κ3) is 2.10. The second-order valence-corrected chi connectivity index (χ2v) is 4.23. The zero-order chi connectivity index (χ0) is 9.14. The Morgan fingerprint density at radius 3 is 2.58 bits per heavy atom. The molecule has 1 aliphatic carbocycles. The second-order valence-electron chi connectivity index (χ2n) is 4.23. The lowest BCUT2D eigenvalue weighted by Crippen LogP contribution is -2.37. The van der Waals surface area contributed by atoms with Crippen molar-refractivity contribution < 1.29 is 0 Å². The van der Waals surface area contributed by atoms with E-state index in [9.17, 15) is 0 Å². The molecule has 3 atom stereocenters. The van der Waals surface area contributed by atoms with Crippen LogP contribution in [-0.2, 0) is 0 Å². The Bertz CT molecular complexity index is 162. The molecule has 0 spiro atoms. The molecule has 0 aliphatic heterocycles. The van der Waals surface area contributed by atoms with Gasteiger partial charge >= 0.3 is 0 Å². The maximum absolute atomic E-state index is 4.04. The van der Waals surface area contributed by atoms with Crippen molar-refractivity contribution in [3.05, 3.63) is 12.2 Å². The van der Waals surface area contributed by atoms with E-state index in [2.05, 4.69) is 32.8 Å². The summed E-state index contributed by atoms with van der Waals surface area (Å²) < 4.78 is 0. The van der Waals surface area contributed by atoms with E-state index < -0.39 is 0 Å². The number of allylic oxidation sites excluding steroid dienone is 1. The van der Waals surface area contributed by atoms with E-state index in [0.29, 0.717) is 6.04 Å². The van der Waals surface area contributed by atoms with Gasteiger partial charge in [0.1, 0.15) is 0 Å². The van der Waals surface area contributed by atoms with E-state index in [-0.39, 0.29) is 0 Å². The van der Waals surface area contributed by atoms with Crippen LogP contribution in [0.2, 0.25) is 0 Å². The van der Waals surface area contributed by atoms with Gasteiger partial charge in [-0.1, -0.05) is 19.1 Å². The molecule has 0 saturated heterocycles. The van der Waals surface area contributed by atoms with Gasteiger partial charge in [-0.05, 0) is 45.1 Å². The number of nitrogens with one attached hydrogen (secondary N) is 1. The maximum atomic E-state index is 4.04. The molecule has 1 fully saturated rings. The van der Waals surface area contributed by atoms with Crippen LogP contribution in [0.25, 0.3) is 0 Å². The molecule has 1 saturated carbocycles. The molecular weight excluding hydrogens is 146 g/mol. The molecule has 0 amide bonds. The van der Waals surface area contributed by atoms with Crippen molar-refractivity contribution in [1.29, 1.82) is 0 Å². The molecule has 0 aromatic heterocycles. The van der Waals surface area contributed by atoms with Crippen molar-refractivity contribution >= 4 is 0 Å². The minimum absolute atomic E-state index is 0.709. The fraction of sp³-hybridized carbons (Fsp3) is 0.818. The van der Waals surface area contributed by atoms with Gasteiger partial charge in [-0.2, -0.15) is 0 Å². The summed E-state index contributed by atoms with van der Waals surface area (Å²) in [6.07, 6.45) is 3.98. The smallest absolute Gasteiger partial charge is 0.00953 e. The normalized spacial score (nSPS) is 36.4. The Balaban J connectivity index is 2.49. The summed E-state index contributed by atoms with van der Waals surface area (Å²) in [6, 6.07) is 0.709. The summed E-state index contributed by atoms with van der Waals surface area (Å²) in [7, 11) is 2.07. The Morgan fingerprint density at radius 1 is 1.42 bits per heavy atom. The minimum atomic E-state index is 0.709. The summed E-state index contributed by atoms with van der Waals surface area (Å²) in [5.41, 5.74) is 1.36. The summed E-state index contributed by atoms with van der Waals surface area (Å²) in [5, 5.41) is 3.40. The average Bonchev–Trinajstić information content (AvgIpc) is 2.05. The SMILES string of the molecule is C=C(C)[C@@H]1CC[C@H](C)[C@@H](NC)C1.